The molecule has 1 saturated heterocycles. The molecule has 0 radical (unpaired) electrons. The highest BCUT2D eigenvalue weighted by Gasteiger charge is 2.27. The molecule has 1 aliphatic heterocycles. The lowest BCUT2D eigenvalue weighted by atomic mass is 10.2. The average molecular weight is 300 g/mol. The van der Waals surface area contributed by atoms with Crippen LogP contribution in [0.25, 0.3) is 0 Å². The van der Waals surface area contributed by atoms with Gasteiger partial charge in [-0.05, 0) is 42.1 Å². The molecule has 0 spiro atoms. The van der Waals surface area contributed by atoms with Gasteiger partial charge in [0, 0.05) is 7.05 Å². The molecule has 0 bridgehead atoms. The number of aromatic nitrogens is 2. The molecule has 2 rings (SSSR count). The van der Waals surface area contributed by atoms with Gasteiger partial charge in [-0.1, -0.05) is 6.92 Å². The molecule has 4 nitrogen and oxygen atoms in total. The van der Waals surface area contributed by atoms with E-state index in [9.17, 15) is 0 Å². The van der Waals surface area contributed by atoms with E-state index in [4.69, 9.17) is 4.74 Å². The minimum Gasteiger partial charge on any atom is -0.372 e. The van der Waals surface area contributed by atoms with Crippen molar-refractivity contribution in [3.05, 3.63) is 16.0 Å². The number of aryl methyl sites for hydroxylation is 1. The van der Waals surface area contributed by atoms with E-state index in [1.165, 1.54) is 0 Å². The molecule has 1 aromatic rings. The summed E-state index contributed by atoms with van der Waals surface area (Å²) >= 11 is 3.53. The van der Waals surface area contributed by atoms with Gasteiger partial charge in [0.1, 0.15) is 11.9 Å². The third-order valence-electron chi connectivity index (χ3n) is 3.03. The summed E-state index contributed by atoms with van der Waals surface area (Å²) in [5, 5.41) is 3.09. The smallest absolute Gasteiger partial charge is 0.159 e. The van der Waals surface area contributed by atoms with Crippen molar-refractivity contribution in [2.75, 3.05) is 12.4 Å². The van der Waals surface area contributed by atoms with Gasteiger partial charge in [-0.25, -0.2) is 9.97 Å². The number of halogens is 1. The molecule has 94 valence electrons. The standard InChI is InChI=1S/C12H18BrN3O/c1-4-8-10(13)12(14-3)16-11(15-8)9-6-5-7(2)17-9/h7,9H,4-6H2,1-3H3,(H,14,15,16). The fourth-order valence-electron chi connectivity index (χ4n) is 2.05. The van der Waals surface area contributed by atoms with Crippen LogP contribution < -0.4 is 5.32 Å². The fraction of sp³-hybridized carbons (Fsp3) is 0.667. The number of hydrogen-bond donors (Lipinski definition) is 1. The maximum absolute atomic E-state index is 5.82. The topological polar surface area (TPSA) is 47.0 Å². The van der Waals surface area contributed by atoms with Crippen molar-refractivity contribution >= 4 is 21.7 Å². The predicted molar refractivity (Wildman–Crippen MR) is 71.2 cm³/mol. The molecule has 0 amide bonds. The third kappa shape index (κ3) is 2.60. The van der Waals surface area contributed by atoms with Crippen LogP contribution in [0.2, 0.25) is 0 Å². The zero-order chi connectivity index (χ0) is 12.4. The van der Waals surface area contributed by atoms with Gasteiger partial charge in [0.15, 0.2) is 5.82 Å². The Balaban J connectivity index is 2.34. The highest BCUT2D eigenvalue weighted by molar-refractivity contribution is 9.10. The molecule has 0 saturated carbocycles. The first-order valence-corrected chi connectivity index (χ1v) is 6.84. The van der Waals surface area contributed by atoms with E-state index in [1.54, 1.807) is 0 Å². The lowest BCUT2D eigenvalue weighted by Gasteiger charge is -2.14. The first-order valence-electron chi connectivity index (χ1n) is 6.05. The van der Waals surface area contributed by atoms with E-state index < -0.39 is 0 Å². The summed E-state index contributed by atoms with van der Waals surface area (Å²) in [4.78, 5) is 9.11. The number of anilines is 1. The Morgan fingerprint density at radius 3 is 2.71 bits per heavy atom. The molecular formula is C12H18BrN3O. The SMILES string of the molecule is CCc1nc(C2CCC(C)O2)nc(NC)c1Br. The number of rotatable bonds is 3. The molecule has 0 aliphatic carbocycles. The minimum atomic E-state index is 0.0514. The molecule has 17 heavy (non-hydrogen) atoms. The van der Waals surface area contributed by atoms with Crippen molar-refractivity contribution < 1.29 is 4.74 Å². The Labute approximate surface area is 110 Å². The van der Waals surface area contributed by atoms with E-state index >= 15 is 0 Å². The monoisotopic (exact) mass is 299 g/mol. The Bertz CT molecular complexity index is 386. The van der Waals surface area contributed by atoms with Crippen LogP contribution in [0, 0.1) is 0 Å². The minimum absolute atomic E-state index is 0.0514. The summed E-state index contributed by atoms with van der Waals surface area (Å²) in [5.41, 5.74) is 1.03. The Morgan fingerprint density at radius 2 is 2.18 bits per heavy atom. The van der Waals surface area contributed by atoms with Gasteiger partial charge in [0.05, 0.1) is 16.3 Å². The zero-order valence-electron chi connectivity index (χ0n) is 10.5. The first-order chi connectivity index (χ1) is 8.15. The fourth-order valence-corrected chi connectivity index (χ4v) is 2.71. The van der Waals surface area contributed by atoms with Crippen LogP contribution in [-0.2, 0) is 11.2 Å². The number of nitrogens with one attached hydrogen (secondary N) is 1. The maximum atomic E-state index is 5.82. The van der Waals surface area contributed by atoms with Gasteiger partial charge in [-0.2, -0.15) is 0 Å². The quantitative estimate of drug-likeness (QED) is 0.932. The summed E-state index contributed by atoms with van der Waals surface area (Å²) in [5.74, 6) is 1.65. The molecule has 1 aromatic heterocycles. The normalized spacial score (nSPS) is 24.0. The van der Waals surface area contributed by atoms with Crippen LogP contribution in [-0.4, -0.2) is 23.1 Å². The lowest BCUT2D eigenvalue weighted by molar-refractivity contribution is 0.0502. The summed E-state index contributed by atoms with van der Waals surface area (Å²) in [6.45, 7) is 4.19. The van der Waals surface area contributed by atoms with Crippen LogP contribution in [0.1, 0.15) is 44.3 Å². The Morgan fingerprint density at radius 1 is 1.41 bits per heavy atom. The summed E-state index contributed by atoms with van der Waals surface area (Å²) in [6.07, 6.45) is 3.34. The molecular weight excluding hydrogens is 282 g/mol. The lowest BCUT2D eigenvalue weighted by Crippen LogP contribution is -2.10. The van der Waals surface area contributed by atoms with Gasteiger partial charge < -0.3 is 10.1 Å². The van der Waals surface area contributed by atoms with E-state index in [0.717, 1.165) is 41.1 Å². The van der Waals surface area contributed by atoms with Crippen molar-refractivity contribution in [1.29, 1.82) is 0 Å². The predicted octanol–water partition coefficient (Wildman–Crippen LogP) is 3.08. The molecule has 1 N–H and O–H groups in total. The summed E-state index contributed by atoms with van der Waals surface area (Å²) < 4.78 is 6.77. The van der Waals surface area contributed by atoms with Crippen LogP contribution in [0.4, 0.5) is 5.82 Å². The molecule has 1 aliphatic rings. The second-order valence-corrected chi connectivity index (χ2v) is 5.10. The third-order valence-corrected chi connectivity index (χ3v) is 3.86. The summed E-state index contributed by atoms with van der Waals surface area (Å²) in [6, 6.07) is 0. The number of nitrogens with zero attached hydrogens (tertiary/aromatic N) is 2. The van der Waals surface area contributed by atoms with Gasteiger partial charge in [0.25, 0.3) is 0 Å². The van der Waals surface area contributed by atoms with E-state index in [0.29, 0.717) is 6.10 Å². The Hall–Kier alpha value is -0.680. The second kappa shape index (κ2) is 5.31. The van der Waals surface area contributed by atoms with Gasteiger partial charge in [-0.15, -0.1) is 0 Å². The van der Waals surface area contributed by atoms with E-state index in [1.807, 2.05) is 7.05 Å². The Kier molecular flexibility index (Phi) is 3.99. The van der Waals surface area contributed by atoms with E-state index in [2.05, 4.69) is 45.1 Å². The van der Waals surface area contributed by atoms with Gasteiger partial charge in [0.2, 0.25) is 0 Å². The van der Waals surface area contributed by atoms with E-state index in [-0.39, 0.29) is 6.10 Å². The number of hydrogen-bond acceptors (Lipinski definition) is 4. The van der Waals surface area contributed by atoms with Crippen LogP contribution >= 0.6 is 15.9 Å². The molecule has 2 heterocycles. The first kappa shape index (κ1) is 12.8. The highest BCUT2D eigenvalue weighted by Crippen LogP contribution is 2.33. The maximum Gasteiger partial charge on any atom is 0.159 e. The van der Waals surface area contributed by atoms with Crippen molar-refractivity contribution in [1.82, 2.24) is 9.97 Å². The van der Waals surface area contributed by atoms with Crippen molar-refractivity contribution in [2.45, 2.75) is 45.3 Å². The van der Waals surface area contributed by atoms with Gasteiger partial charge in [-0.3, -0.25) is 0 Å². The second-order valence-electron chi connectivity index (χ2n) is 4.31. The van der Waals surface area contributed by atoms with Gasteiger partial charge >= 0.3 is 0 Å². The van der Waals surface area contributed by atoms with Crippen molar-refractivity contribution in [3.8, 4) is 0 Å². The molecule has 1 fully saturated rings. The highest BCUT2D eigenvalue weighted by atomic mass is 79.9. The summed E-state index contributed by atoms with van der Waals surface area (Å²) in [7, 11) is 1.87. The number of ether oxygens (including phenoxy) is 1. The molecule has 5 heteroatoms. The van der Waals surface area contributed by atoms with Crippen LogP contribution in [0.5, 0.6) is 0 Å². The molecule has 0 aromatic carbocycles. The van der Waals surface area contributed by atoms with Crippen LogP contribution in [0.3, 0.4) is 0 Å². The van der Waals surface area contributed by atoms with Crippen LogP contribution in [0.15, 0.2) is 4.47 Å². The van der Waals surface area contributed by atoms with Crippen molar-refractivity contribution in [2.24, 2.45) is 0 Å². The zero-order valence-corrected chi connectivity index (χ0v) is 12.0. The average Bonchev–Trinajstić information content (AvgIpc) is 2.76. The largest absolute Gasteiger partial charge is 0.372 e. The molecule has 2 unspecified atom stereocenters. The molecule has 2 atom stereocenters. The van der Waals surface area contributed by atoms with Crippen molar-refractivity contribution in [3.63, 3.8) is 0 Å².